The van der Waals surface area contributed by atoms with Crippen LogP contribution in [0.4, 0.5) is 0 Å². The molecule has 0 radical (unpaired) electrons. The van der Waals surface area contributed by atoms with E-state index >= 15 is 0 Å². The van der Waals surface area contributed by atoms with Gasteiger partial charge in [0.25, 0.3) is 10.0 Å². The fourth-order valence-electron chi connectivity index (χ4n) is 3.00. The van der Waals surface area contributed by atoms with Gasteiger partial charge in [-0.05, 0) is 26.7 Å². The van der Waals surface area contributed by atoms with Crippen LogP contribution in [0, 0.1) is 6.92 Å². The summed E-state index contributed by atoms with van der Waals surface area (Å²) in [6, 6.07) is 0. The standard InChI is InChI=1S/C13H24N4O2S/c1-4-17-9-12(15-11(17)2)20(18,19)16(3)13(10-14)7-5-6-8-13/h9H,4-8,10,14H2,1-3H3. The van der Waals surface area contributed by atoms with E-state index in [2.05, 4.69) is 4.98 Å². The average Bonchev–Trinajstić information content (AvgIpc) is 3.05. The van der Waals surface area contributed by atoms with Gasteiger partial charge in [0.2, 0.25) is 0 Å². The molecule has 1 saturated carbocycles. The third kappa shape index (κ3) is 2.38. The number of nitrogens with two attached hydrogens (primary N) is 1. The number of hydrogen-bond donors (Lipinski definition) is 1. The Morgan fingerprint density at radius 3 is 2.50 bits per heavy atom. The maximum absolute atomic E-state index is 12.8. The summed E-state index contributed by atoms with van der Waals surface area (Å²) in [7, 11) is -1.95. The number of sulfonamides is 1. The minimum absolute atomic E-state index is 0.124. The summed E-state index contributed by atoms with van der Waals surface area (Å²) in [6.45, 7) is 4.85. The van der Waals surface area contributed by atoms with Crippen LogP contribution in [0.3, 0.4) is 0 Å². The summed E-state index contributed by atoms with van der Waals surface area (Å²) >= 11 is 0. The van der Waals surface area contributed by atoms with Gasteiger partial charge in [0, 0.05) is 31.9 Å². The van der Waals surface area contributed by atoms with E-state index in [1.807, 2.05) is 18.4 Å². The van der Waals surface area contributed by atoms with E-state index in [1.54, 1.807) is 13.2 Å². The normalized spacial score (nSPS) is 18.9. The topological polar surface area (TPSA) is 81.2 Å². The highest BCUT2D eigenvalue weighted by Gasteiger charge is 2.43. The van der Waals surface area contributed by atoms with E-state index in [4.69, 9.17) is 5.73 Å². The highest BCUT2D eigenvalue weighted by atomic mass is 32.2. The second-order valence-electron chi connectivity index (χ2n) is 5.52. The van der Waals surface area contributed by atoms with Gasteiger partial charge in [-0.15, -0.1) is 0 Å². The van der Waals surface area contributed by atoms with Gasteiger partial charge < -0.3 is 10.3 Å². The molecular formula is C13H24N4O2S. The SMILES string of the molecule is CCn1cc(S(=O)(=O)N(C)C2(CN)CCCC2)nc1C. The molecule has 1 aliphatic carbocycles. The van der Waals surface area contributed by atoms with E-state index in [0.29, 0.717) is 18.9 Å². The predicted octanol–water partition coefficient (Wildman–Crippen LogP) is 1.10. The van der Waals surface area contributed by atoms with E-state index in [9.17, 15) is 8.42 Å². The summed E-state index contributed by atoms with van der Waals surface area (Å²) < 4.78 is 28.8. The third-order valence-electron chi connectivity index (χ3n) is 4.50. The summed E-state index contributed by atoms with van der Waals surface area (Å²) in [4.78, 5) is 4.20. The molecule has 0 bridgehead atoms. The molecule has 2 N–H and O–H groups in total. The van der Waals surface area contributed by atoms with E-state index in [-0.39, 0.29) is 5.03 Å². The molecule has 6 nitrogen and oxygen atoms in total. The number of aromatic nitrogens is 2. The summed E-state index contributed by atoms with van der Waals surface area (Å²) in [6.07, 6.45) is 5.32. The molecule has 2 rings (SSSR count). The minimum Gasteiger partial charge on any atom is -0.334 e. The Morgan fingerprint density at radius 1 is 1.45 bits per heavy atom. The number of likely N-dealkylation sites (N-methyl/N-ethyl adjacent to an activating group) is 1. The number of aryl methyl sites for hydroxylation is 2. The lowest BCUT2D eigenvalue weighted by Gasteiger charge is -2.36. The largest absolute Gasteiger partial charge is 0.334 e. The quantitative estimate of drug-likeness (QED) is 0.883. The van der Waals surface area contributed by atoms with Gasteiger partial charge in [0.15, 0.2) is 5.03 Å². The Labute approximate surface area is 121 Å². The lowest BCUT2D eigenvalue weighted by Crippen LogP contribution is -2.52. The van der Waals surface area contributed by atoms with Crippen molar-refractivity contribution in [1.29, 1.82) is 0 Å². The Morgan fingerprint density at radius 2 is 2.05 bits per heavy atom. The Balaban J connectivity index is 2.38. The van der Waals surface area contributed by atoms with Gasteiger partial charge in [-0.3, -0.25) is 0 Å². The third-order valence-corrected chi connectivity index (χ3v) is 6.34. The van der Waals surface area contributed by atoms with Crippen molar-refractivity contribution in [2.75, 3.05) is 13.6 Å². The molecule has 0 aliphatic heterocycles. The highest BCUT2D eigenvalue weighted by molar-refractivity contribution is 7.89. The van der Waals surface area contributed by atoms with Crippen molar-refractivity contribution in [3.63, 3.8) is 0 Å². The zero-order valence-electron chi connectivity index (χ0n) is 12.5. The molecule has 0 spiro atoms. The lowest BCUT2D eigenvalue weighted by atomic mass is 9.98. The van der Waals surface area contributed by atoms with Crippen molar-refractivity contribution in [3.8, 4) is 0 Å². The van der Waals surface area contributed by atoms with Crippen LogP contribution in [0.15, 0.2) is 11.2 Å². The fraction of sp³-hybridized carbons (Fsp3) is 0.769. The molecule has 0 saturated heterocycles. The maximum Gasteiger partial charge on any atom is 0.262 e. The van der Waals surface area contributed by atoms with Crippen LogP contribution in [-0.2, 0) is 16.6 Å². The number of rotatable bonds is 5. The van der Waals surface area contributed by atoms with Gasteiger partial charge in [-0.25, -0.2) is 13.4 Å². The second kappa shape index (κ2) is 5.46. The summed E-state index contributed by atoms with van der Waals surface area (Å²) in [5.74, 6) is 0.715. The first-order valence-corrected chi connectivity index (χ1v) is 8.54. The van der Waals surface area contributed by atoms with Crippen molar-refractivity contribution >= 4 is 10.0 Å². The van der Waals surface area contributed by atoms with Gasteiger partial charge in [0.1, 0.15) is 5.82 Å². The van der Waals surface area contributed by atoms with E-state index < -0.39 is 15.6 Å². The molecule has 1 heterocycles. The molecule has 20 heavy (non-hydrogen) atoms. The summed E-state index contributed by atoms with van der Waals surface area (Å²) in [5.41, 5.74) is 5.43. The van der Waals surface area contributed by atoms with Crippen molar-refractivity contribution < 1.29 is 8.42 Å². The molecule has 1 aliphatic rings. The molecule has 7 heteroatoms. The molecule has 1 aromatic heterocycles. The molecule has 0 unspecified atom stereocenters. The molecule has 114 valence electrons. The first kappa shape index (κ1) is 15.5. The van der Waals surface area contributed by atoms with Crippen LogP contribution in [-0.4, -0.2) is 41.4 Å². The van der Waals surface area contributed by atoms with Crippen LogP contribution in [0.1, 0.15) is 38.4 Å². The Bertz CT molecular complexity index is 573. The van der Waals surface area contributed by atoms with E-state index in [0.717, 1.165) is 25.7 Å². The number of hydrogen-bond acceptors (Lipinski definition) is 4. The minimum atomic E-state index is -3.58. The van der Waals surface area contributed by atoms with Crippen molar-refractivity contribution in [2.45, 2.75) is 56.6 Å². The van der Waals surface area contributed by atoms with Gasteiger partial charge >= 0.3 is 0 Å². The van der Waals surface area contributed by atoms with Gasteiger partial charge in [0.05, 0.1) is 0 Å². The van der Waals surface area contributed by atoms with Crippen LogP contribution >= 0.6 is 0 Å². The second-order valence-corrected chi connectivity index (χ2v) is 7.44. The fourth-order valence-corrected chi connectivity index (χ4v) is 4.56. The summed E-state index contributed by atoms with van der Waals surface area (Å²) in [5, 5.41) is 0.124. The molecule has 0 atom stereocenters. The van der Waals surface area contributed by atoms with E-state index in [1.165, 1.54) is 4.31 Å². The van der Waals surface area contributed by atoms with Gasteiger partial charge in [-0.2, -0.15) is 4.31 Å². The van der Waals surface area contributed by atoms with Crippen LogP contribution in [0.25, 0.3) is 0 Å². The first-order valence-electron chi connectivity index (χ1n) is 7.10. The molecule has 0 aromatic carbocycles. The van der Waals surface area contributed by atoms with Crippen LogP contribution < -0.4 is 5.73 Å². The lowest BCUT2D eigenvalue weighted by molar-refractivity contribution is 0.230. The monoisotopic (exact) mass is 300 g/mol. The number of imidazole rings is 1. The van der Waals surface area contributed by atoms with Crippen molar-refractivity contribution in [2.24, 2.45) is 5.73 Å². The number of nitrogens with zero attached hydrogens (tertiary/aromatic N) is 3. The van der Waals surface area contributed by atoms with Crippen molar-refractivity contribution in [1.82, 2.24) is 13.9 Å². The van der Waals surface area contributed by atoms with Crippen molar-refractivity contribution in [3.05, 3.63) is 12.0 Å². The predicted molar refractivity (Wildman–Crippen MR) is 77.8 cm³/mol. The van der Waals surface area contributed by atoms with Gasteiger partial charge in [-0.1, -0.05) is 12.8 Å². The Kier molecular flexibility index (Phi) is 4.22. The van der Waals surface area contributed by atoms with Crippen LogP contribution in [0.5, 0.6) is 0 Å². The maximum atomic E-state index is 12.8. The zero-order chi connectivity index (χ0) is 15.0. The average molecular weight is 300 g/mol. The molecule has 1 aromatic rings. The zero-order valence-corrected chi connectivity index (χ0v) is 13.3. The Hall–Kier alpha value is -0.920. The molecule has 1 fully saturated rings. The first-order chi connectivity index (χ1) is 9.37. The molecular weight excluding hydrogens is 276 g/mol. The molecule has 0 amide bonds. The smallest absolute Gasteiger partial charge is 0.262 e. The van der Waals surface area contributed by atoms with Crippen LogP contribution in [0.2, 0.25) is 0 Å². The highest BCUT2D eigenvalue weighted by Crippen LogP contribution is 2.36.